The molecule has 0 aliphatic carbocycles. The minimum Gasteiger partial charge on any atom is -0.457 e. The Labute approximate surface area is 162 Å². The summed E-state index contributed by atoms with van der Waals surface area (Å²) in [5.74, 6) is -0.0301. The number of nitrogens with one attached hydrogen (secondary N) is 1. The highest BCUT2D eigenvalue weighted by Crippen LogP contribution is 2.26. The average molecular weight is 384 g/mol. The average Bonchev–Trinajstić information content (AvgIpc) is 3.18. The summed E-state index contributed by atoms with van der Waals surface area (Å²) in [6.07, 6.45) is 1.30. The van der Waals surface area contributed by atoms with Gasteiger partial charge in [-0.3, -0.25) is 10.1 Å². The Morgan fingerprint density at radius 2 is 2.07 bits per heavy atom. The van der Waals surface area contributed by atoms with E-state index in [0.29, 0.717) is 17.9 Å². The van der Waals surface area contributed by atoms with Crippen molar-refractivity contribution in [2.75, 3.05) is 26.2 Å². The van der Waals surface area contributed by atoms with Gasteiger partial charge < -0.3 is 14.1 Å². The van der Waals surface area contributed by atoms with Crippen molar-refractivity contribution in [1.29, 1.82) is 5.26 Å². The number of non-ortho nitro benzene ring substituents is 1. The molecule has 0 fully saturated rings. The second kappa shape index (κ2) is 10.0. The molecular formula is C20H22N3O5+. The monoisotopic (exact) mass is 384 g/mol. The number of nitro benzene ring substituents is 1. The van der Waals surface area contributed by atoms with Gasteiger partial charge in [-0.05, 0) is 26.0 Å². The summed E-state index contributed by atoms with van der Waals surface area (Å²) >= 11 is 0. The predicted molar refractivity (Wildman–Crippen MR) is 102 cm³/mol. The van der Waals surface area contributed by atoms with E-state index in [1.807, 2.05) is 6.07 Å². The first-order chi connectivity index (χ1) is 13.5. The maximum atomic E-state index is 12.1. The molecule has 0 atom stereocenters. The van der Waals surface area contributed by atoms with Crippen molar-refractivity contribution in [2.45, 2.75) is 13.8 Å². The number of rotatable bonds is 9. The third-order valence-corrected chi connectivity index (χ3v) is 4.28. The lowest BCUT2D eigenvalue weighted by Crippen LogP contribution is -3.11. The lowest BCUT2D eigenvalue weighted by atomic mass is 10.1. The van der Waals surface area contributed by atoms with E-state index in [0.717, 1.165) is 13.1 Å². The number of hydrogen-bond donors (Lipinski definition) is 1. The number of esters is 1. The van der Waals surface area contributed by atoms with Crippen LogP contribution in [-0.4, -0.2) is 37.1 Å². The third kappa shape index (κ3) is 5.53. The molecule has 0 radical (unpaired) electrons. The first-order valence-corrected chi connectivity index (χ1v) is 8.95. The molecule has 1 aromatic heterocycles. The first-order valence-electron chi connectivity index (χ1n) is 8.95. The van der Waals surface area contributed by atoms with Gasteiger partial charge in [0, 0.05) is 23.8 Å². The van der Waals surface area contributed by atoms with E-state index in [1.165, 1.54) is 23.1 Å². The molecule has 0 spiro atoms. The number of likely N-dealkylation sites (N-methyl/N-ethyl adjacent to an activating group) is 1. The highest BCUT2D eigenvalue weighted by Gasteiger charge is 2.14. The molecule has 146 valence electrons. The zero-order valence-corrected chi connectivity index (χ0v) is 15.8. The molecule has 0 unspecified atom stereocenters. The number of carbonyl (C=O) groups excluding carboxylic acids is 1. The van der Waals surface area contributed by atoms with Crippen LogP contribution >= 0.6 is 0 Å². The van der Waals surface area contributed by atoms with Crippen LogP contribution in [0.25, 0.3) is 17.4 Å². The molecular weight excluding hydrogens is 362 g/mol. The van der Waals surface area contributed by atoms with Crippen molar-refractivity contribution >= 4 is 17.7 Å². The van der Waals surface area contributed by atoms with Gasteiger partial charge in [0.05, 0.1) is 18.0 Å². The minimum atomic E-state index is -0.706. The smallest absolute Gasteiger partial charge is 0.349 e. The van der Waals surface area contributed by atoms with Crippen LogP contribution in [0.2, 0.25) is 0 Å². The van der Waals surface area contributed by atoms with Crippen LogP contribution in [0, 0.1) is 21.4 Å². The molecule has 8 nitrogen and oxygen atoms in total. The summed E-state index contributed by atoms with van der Waals surface area (Å²) in [6, 6.07) is 11.0. The fraction of sp³-hybridized carbons (Fsp3) is 0.300. The van der Waals surface area contributed by atoms with Crippen LogP contribution in [0.4, 0.5) is 5.69 Å². The van der Waals surface area contributed by atoms with Gasteiger partial charge in [-0.15, -0.1) is 0 Å². The number of nitrogens with zero attached hydrogens (tertiary/aromatic N) is 2. The van der Waals surface area contributed by atoms with Crippen LogP contribution in [0.5, 0.6) is 0 Å². The third-order valence-electron chi connectivity index (χ3n) is 4.28. The second-order valence-corrected chi connectivity index (χ2v) is 6.02. The summed E-state index contributed by atoms with van der Waals surface area (Å²) in [7, 11) is 0. The Kier molecular flexibility index (Phi) is 7.48. The van der Waals surface area contributed by atoms with Gasteiger partial charge in [0.2, 0.25) is 0 Å². The molecule has 28 heavy (non-hydrogen) atoms. The molecule has 2 aromatic rings. The van der Waals surface area contributed by atoms with E-state index >= 15 is 0 Å². The molecule has 1 aromatic carbocycles. The lowest BCUT2D eigenvalue weighted by molar-refractivity contribution is -0.896. The van der Waals surface area contributed by atoms with E-state index in [9.17, 15) is 20.2 Å². The predicted octanol–water partition coefficient (Wildman–Crippen LogP) is 2.23. The minimum absolute atomic E-state index is 0.0531. The number of nitriles is 1. The number of hydrogen-bond acceptors (Lipinski definition) is 6. The summed E-state index contributed by atoms with van der Waals surface area (Å²) < 4.78 is 10.8. The van der Waals surface area contributed by atoms with E-state index in [4.69, 9.17) is 9.15 Å². The second-order valence-electron chi connectivity index (χ2n) is 6.02. The SMILES string of the molecule is CC[NH+](CC)CCOC(=O)/C(C#N)=C/c1ccc(-c2cccc([N+](=O)[O-])c2)o1. The van der Waals surface area contributed by atoms with E-state index < -0.39 is 10.9 Å². The van der Waals surface area contributed by atoms with Gasteiger partial charge in [-0.1, -0.05) is 12.1 Å². The molecule has 8 heteroatoms. The Bertz CT molecular complexity index is 907. The molecule has 0 amide bonds. The molecule has 0 saturated heterocycles. The fourth-order valence-electron chi connectivity index (χ4n) is 2.61. The normalized spacial score (nSPS) is 11.3. The number of ether oxygens (including phenoxy) is 1. The van der Waals surface area contributed by atoms with Gasteiger partial charge >= 0.3 is 5.97 Å². The van der Waals surface area contributed by atoms with Crippen LogP contribution in [0.1, 0.15) is 19.6 Å². The van der Waals surface area contributed by atoms with Crippen LogP contribution in [0.3, 0.4) is 0 Å². The summed E-state index contributed by atoms with van der Waals surface area (Å²) in [4.78, 5) is 23.8. The maximum Gasteiger partial charge on any atom is 0.349 e. The number of furan rings is 1. The number of nitro groups is 1. The largest absolute Gasteiger partial charge is 0.457 e. The van der Waals surface area contributed by atoms with Crippen molar-refractivity contribution in [1.82, 2.24) is 0 Å². The van der Waals surface area contributed by atoms with Crippen LogP contribution in [-0.2, 0) is 9.53 Å². The van der Waals surface area contributed by atoms with Crippen molar-refractivity contribution in [3.63, 3.8) is 0 Å². The van der Waals surface area contributed by atoms with Gasteiger partial charge in [0.1, 0.15) is 36.3 Å². The molecule has 2 rings (SSSR count). The van der Waals surface area contributed by atoms with Crippen molar-refractivity contribution in [2.24, 2.45) is 0 Å². The van der Waals surface area contributed by atoms with Gasteiger partial charge in [0.25, 0.3) is 5.69 Å². The molecule has 0 saturated carbocycles. The standard InChI is InChI=1S/C20H21N3O5/c1-3-22(4-2)10-11-27-20(24)16(14-21)13-18-8-9-19(28-18)15-6-5-7-17(12-15)23(25)26/h5-9,12-13H,3-4,10-11H2,1-2H3/p+1/b16-13+. The summed E-state index contributed by atoms with van der Waals surface area (Å²) in [5.41, 5.74) is 0.300. The van der Waals surface area contributed by atoms with Crippen molar-refractivity contribution in [3.05, 3.63) is 57.8 Å². The Morgan fingerprint density at radius 1 is 1.32 bits per heavy atom. The molecule has 0 aliphatic rings. The number of quaternary nitrogens is 1. The topological polar surface area (TPSA) is 111 Å². The van der Waals surface area contributed by atoms with Crippen LogP contribution in [0.15, 0.2) is 46.4 Å². The van der Waals surface area contributed by atoms with Gasteiger partial charge in [0.15, 0.2) is 0 Å². The van der Waals surface area contributed by atoms with Crippen molar-refractivity contribution < 1.29 is 23.8 Å². The maximum absolute atomic E-state index is 12.1. The first kappa shape index (κ1) is 20.9. The summed E-state index contributed by atoms with van der Waals surface area (Å²) in [5, 5.41) is 20.1. The molecule has 1 N–H and O–H groups in total. The van der Waals surface area contributed by atoms with E-state index in [1.54, 1.807) is 24.3 Å². The van der Waals surface area contributed by atoms with Crippen LogP contribution < -0.4 is 4.90 Å². The fourth-order valence-corrected chi connectivity index (χ4v) is 2.61. The quantitative estimate of drug-likeness (QED) is 0.233. The van der Waals surface area contributed by atoms with Gasteiger partial charge in [-0.2, -0.15) is 5.26 Å². The zero-order valence-electron chi connectivity index (χ0n) is 15.8. The Hall–Kier alpha value is -3.44. The van der Waals surface area contributed by atoms with E-state index in [2.05, 4.69) is 13.8 Å². The van der Waals surface area contributed by atoms with Gasteiger partial charge in [-0.25, -0.2) is 4.79 Å². The highest BCUT2D eigenvalue weighted by atomic mass is 16.6. The lowest BCUT2D eigenvalue weighted by Gasteiger charge is -2.14. The Morgan fingerprint density at radius 3 is 2.71 bits per heavy atom. The summed E-state index contributed by atoms with van der Waals surface area (Å²) in [6.45, 7) is 6.87. The highest BCUT2D eigenvalue weighted by molar-refractivity contribution is 5.97. The van der Waals surface area contributed by atoms with E-state index in [-0.39, 0.29) is 23.6 Å². The molecule has 1 heterocycles. The number of carbonyl (C=O) groups is 1. The molecule has 0 bridgehead atoms. The van der Waals surface area contributed by atoms with Crippen molar-refractivity contribution in [3.8, 4) is 17.4 Å². The Balaban J connectivity index is 2.09. The molecule has 0 aliphatic heterocycles. The number of benzene rings is 1. The zero-order chi connectivity index (χ0) is 20.5.